The van der Waals surface area contributed by atoms with Crippen molar-refractivity contribution < 1.29 is 0 Å². The van der Waals surface area contributed by atoms with Gasteiger partial charge < -0.3 is 0 Å². The van der Waals surface area contributed by atoms with E-state index in [4.69, 9.17) is 9.97 Å². The Morgan fingerprint density at radius 1 is 0.368 bits per heavy atom. The number of benzene rings is 9. The van der Waals surface area contributed by atoms with Crippen molar-refractivity contribution in [3.63, 3.8) is 0 Å². The first-order valence-corrected chi connectivity index (χ1v) is 19.8. The topological polar surface area (TPSA) is 25.8 Å². The molecule has 0 N–H and O–H groups in total. The maximum Gasteiger partial charge on any atom is 0.160 e. The molecule has 1 aliphatic rings. The number of rotatable bonds is 5. The van der Waals surface area contributed by atoms with Gasteiger partial charge >= 0.3 is 0 Å². The normalized spacial score (nSPS) is 12.9. The van der Waals surface area contributed by atoms with Crippen molar-refractivity contribution in [1.29, 1.82) is 0 Å². The molecule has 9 aromatic carbocycles. The highest BCUT2D eigenvalue weighted by Gasteiger charge is 2.37. The Labute approximate surface area is 332 Å². The zero-order valence-corrected chi connectivity index (χ0v) is 31.9. The van der Waals surface area contributed by atoms with Crippen LogP contribution in [0.2, 0.25) is 0 Å². The van der Waals surface area contributed by atoms with E-state index in [9.17, 15) is 0 Å². The fourth-order valence-electron chi connectivity index (χ4n) is 9.57. The summed E-state index contributed by atoms with van der Waals surface area (Å²) in [6.07, 6.45) is 0. The fourth-order valence-corrected chi connectivity index (χ4v) is 9.57. The second-order valence-electron chi connectivity index (χ2n) is 15.6. The molecule has 0 aliphatic heterocycles. The average Bonchev–Trinajstić information content (AvgIpc) is 3.51. The van der Waals surface area contributed by atoms with Crippen LogP contribution in [0.4, 0.5) is 0 Å². The third kappa shape index (κ3) is 5.18. The van der Waals surface area contributed by atoms with Gasteiger partial charge in [-0.2, -0.15) is 0 Å². The van der Waals surface area contributed by atoms with Gasteiger partial charge in [0.15, 0.2) is 5.82 Å². The molecule has 0 saturated carbocycles. The van der Waals surface area contributed by atoms with Crippen molar-refractivity contribution >= 4 is 32.3 Å². The van der Waals surface area contributed by atoms with Crippen LogP contribution in [0.25, 0.3) is 99.6 Å². The Hall–Kier alpha value is -7.16. The first-order chi connectivity index (χ1) is 28.1. The standard InChI is InChI=1S/C55H38N2/c1-55(2)47-31-16-15-25-40(47)45-30-17-29-44(53(45)55)39-24-11-12-26-41(39)48-34-49(57-54(56-48)37-21-7-4-8-22-37)51-43-28-14-13-27-42(43)50(36-19-5-3-6-20-36)52-38-23-10-9-18-35(38)32-33-46(51)52/h3-34H,1-2H3. The summed E-state index contributed by atoms with van der Waals surface area (Å²) in [4.78, 5) is 10.9. The predicted molar refractivity (Wildman–Crippen MR) is 239 cm³/mol. The van der Waals surface area contributed by atoms with Crippen molar-refractivity contribution in [2.75, 3.05) is 0 Å². The summed E-state index contributed by atoms with van der Waals surface area (Å²) in [5.74, 6) is 0.703. The van der Waals surface area contributed by atoms with Gasteiger partial charge in [-0.15, -0.1) is 0 Å². The number of aromatic nitrogens is 2. The molecule has 11 rings (SSSR count). The Bertz CT molecular complexity index is 3200. The molecule has 2 nitrogen and oxygen atoms in total. The summed E-state index contributed by atoms with van der Waals surface area (Å²) < 4.78 is 0. The SMILES string of the molecule is CC1(C)c2ccccc2-c2cccc(-c3ccccc3-c3cc(-c4c5ccccc5c(-c5ccccc5)c5c4ccc4ccccc45)nc(-c4ccccc4)n3)c21. The maximum absolute atomic E-state index is 5.48. The van der Waals surface area contributed by atoms with Crippen LogP contribution in [0.1, 0.15) is 25.0 Å². The number of nitrogens with zero attached hydrogens (tertiary/aromatic N) is 2. The third-order valence-electron chi connectivity index (χ3n) is 12.1. The molecule has 0 spiro atoms. The van der Waals surface area contributed by atoms with Crippen LogP contribution in [0, 0.1) is 0 Å². The first-order valence-electron chi connectivity index (χ1n) is 19.8. The molecule has 57 heavy (non-hydrogen) atoms. The average molecular weight is 727 g/mol. The van der Waals surface area contributed by atoms with Crippen molar-refractivity contribution in [2.45, 2.75) is 19.3 Å². The molecule has 0 bridgehead atoms. The van der Waals surface area contributed by atoms with Crippen LogP contribution in [-0.2, 0) is 5.41 Å². The lowest BCUT2D eigenvalue weighted by molar-refractivity contribution is 0.662. The Morgan fingerprint density at radius 3 is 1.67 bits per heavy atom. The van der Waals surface area contributed by atoms with Gasteiger partial charge in [0.2, 0.25) is 0 Å². The van der Waals surface area contributed by atoms with Gasteiger partial charge in [0, 0.05) is 22.1 Å². The molecule has 0 amide bonds. The summed E-state index contributed by atoms with van der Waals surface area (Å²) in [7, 11) is 0. The lowest BCUT2D eigenvalue weighted by atomic mass is 9.78. The van der Waals surface area contributed by atoms with E-state index in [1.54, 1.807) is 0 Å². The summed E-state index contributed by atoms with van der Waals surface area (Å²) >= 11 is 0. The minimum absolute atomic E-state index is 0.164. The molecule has 0 unspecified atom stereocenters. The molecular formula is C55H38N2. The van der Waals surface area contributed by atoms with Crippen LogP contribution in [-0.4, -0.2) is 9.97 Å². The molecule has 0 atom stereocenters. The van der Waals surface area contributed by atoms with E-state index in [0.29, 0.717) is 5.82 Å². The number of fused-ring (bicyclic) bond motifs is 7. The highest BCUT2D eigenvalue weighted by molar-refractivity contribution is 6.27. The summed E-state index contributed by atoms with van der Waals surface area (Å²) in [5, 5.41) is 7.21. The number of hydrogen-bond acceptors (Lipinski definition) is 2. The monoisotopic (exact) mass is 726 g/mol. The van der Waals surface area contributed by atoms with E-state index in [1.807, 2.05) is 6.07 Å². The van der Waals surface area contributed by atoms with Gasteiger partial charge in [-0.3, -0.25) is 0 Å². The first kappa shape index (κ1) is 33.2. The maximum atomic E-state index is 5.48. The molecule has 1 heterocycles. The van der Waals surface area contributed by atoms with Gasteiger partial charge in [-0.25, -0.2) is 9.97 Å². The van der Waals surface area contributed by atoms with Crippen molar-refractivity contribution in [3.8, 4) is 67.3 Å². The van der Waals surface area contributed by atoms with Crippen LogP contribution < -0.4 is 0 Å². The summed E-state index contributed by atoms with van der Waals surface area (Å²) in [5.41, 5.74) is 15.0. The van der Waals surface area contributed by atoms with Crippen molar-refractivity contribution in [3.05, 3.63) is 205 Å². The molecular weight excluding hydrogens is 689 g/mol. The molecule has 1 aliphatic carbocycles. The molecule has 0 fully saturated rings. The van der Waals surface area contributed by atoms with Crippen LogP contribution >= 0.6 is 0 Å². The van der Waals surface area contributed by atoms with Gasteiger partial charge in [0.1, 0.15) is 0 Å². The molecule has 2 heteroatoms. The molecule has 10 aromatic rings. The lowest BCUT2D eigenvalue weighted by Crippen LogP contribution is -2.16. The third-order valence-corrected chi connectivity index (χ3v) is 12.1. The van der Waals surface area contributed by atoms with E-state index in [0.717, 1.165) is 33.5 Å². The van der Waals surface area contributed by atoms with E-state index in [-0.39, 0.29) is 5.41 Å². The van der Waals surface area contributed by atoms with Gasteiger partial charge in [0.05, 0.1) is 11.4 Å². The second-order valence-corrected chi connectivity index (χ2v) is 15.6. The van der Waals surface area contributed by atoms with E-state index in [1.165, 1.54) is 71.4 Å². The Balaban J connectivity index is 1.23. The van der Waals surface area contributed by atoms with Crippen LogP contribution in [0.5, 0.6) is 0 Å². The van der Waals surface area contributed by atoms with Gasteiger partial charge in [-0.05, 0) is 82.9 Å². The van der Waals surface area contributed by atoms with Gasteiger partial charge in [-0.1, -0.05) is 202 Å². The van der Waals surface area contributed by atoms with Crippen molar-refractivity contribution in [1.82, 2.24) is 9.97 Å². The highest BCUT2D eigenvalue weighted by atomic mass is 14.9. The quantitative estimate of drug-likeness (QED) is 0.130. The van der Waals surface area contributed by atoms with E-state index >= 15 is 0 Å². The van der Waals surface area contributed by atoms with Crippen molar-refractivity contribution in [2.24, 2.45) is 0 Å². The molecule has 1 aromatic heterocycles. The Kier molecular flexibility index (Phi) is 7.55. The van der Waals surface area contributed by atoms with Crippen LogP contribution in [0.15, 0.2) is 194 Å². The predicted octanol–water partition coefficient (Wildman–Crippen LogP) is 14.6. The van der Waals surface area contributed by atoms with E-state index < -0.39 is 0 Å². The van der Waals surface area contributed by atoms with Crippen LogP contribution in [0.3, 0.4) is 0 Å². The summed E-state index contributed by atoms with van der Waals surface area (Å²) in [6.45, 7) is 4.72. The summed E-state index contributed by atoms with van der Waals surface area (Å²) in [6, 6.07) is 70.1. The minimum Gasteiger partial charge on any atom is -0.228 e. The minimum atomic E-state index is -0.164. The molecule has 0 saturated heterocycles. The number of hydrogen-bond donors (Lipinski definition) is 0. The molecule has 0 radical (unpaired) electrons. The highest BCUT2D eigenvalue weighted by Crippen LogP contribution is 2.53. The van der Waals surface area contributed by atoms with Gasteiger partial charge in [0.25, 0.3) is 0 Å². The zero-order chi connectivity index (χ0) is 38.1. The second kappa shape index (κ2) is 13.0. The largest absolute Gasteiger partial charge is 0.228 e. The smallest absolute Gasteiger partial charge is 0.160 e. The lowest BCUT2D eigenvalue weighted by Gasteiger charge is -2.25. The fraction of sp³-hybridized carbons (Fsp3) is 0.0545. The zero-order valence-electron chi connectivity index (χ0n) is 31.9. The Morgan fingerprint density at radius 2 is 0.912 bits per heavy atom. The van der Waals surface area contributed by atoms with E-state index in [2.05, 4.69) is 202 Å². The molecule has 268 valence electrons.